The fourth-order valence-electron chi connectivity index (χ4n) is 3.60. The van der Waals surface area contributed by atoms with Crippen molar-refractivity contribution in [2.24, 2.45) is 0 Å². The van der Waals surface area contributed by atoms with E-state index in [0.29, 0.717) is 24.5 Å². The van der Waals surface area contributed by atoms with E-state index in [2.05, 4.69) is 16.0 Å². The van der Waals surface area contributed by atoms with Gasteiger partial charge in [-0.2, -0.15) is 0 Å². The predicted octanol–water partition coefficient (Wildman–Crippen LogP) is 2.32. The maximum Gasteiger partial charge on any atom is 0.261 e. The summed E-state index contributed by atoms with van der Waals surface area (Å²) in [6.07, 6.45) is 1.58. The van der Waals surface area contributed by atoms with Crippen molar-refractivity contribution in [3.63, 3.8) is 0 Å². The Labute approximate surface area is 192 Å². The van der Waals surface area contributed by atoms with Gasteiger partial charge in [0.25, 0.3) is 5.91 Å². The van der Waals surface area contributed by atoms with Crippen LogP contribution in [0.5, 0.6) is 5.75 Å². The number of anilines is 1. The molecule has 2 aromatic rings. The number of carbonyl (C=O) groups excluding carboxylic acids is 3. The maximum absolute atomic E-state index is 12.3. The van der Waals surface area contributed by atoms with E-state index in [1.165, 1.54) is 11.3 Å². The molecule has 1 fully saturated rings. The van der Waals surface area contributed by atoms with Gasteiger partial charge in [-0.15, -0.1) is 11.3 Å². The molecule has 0 saturated carbocycles. The molecule has 0 unspecified atom stereocenters. The standard InChI is InChI=1S/C23H30N4O4S/c1-15-4-6-19(31-3)18(12-15)26-21(28)13-24-22(29)14-27-10-8-17(9-11-27)25-23(30)20-7-5-16(2)32-20/h4-7,12,17H,8-11,13-14H2,1-3H3,(H,24,29)(H,25,30)(H,26,28). The minimum atomic E-state index is -0.313. The van der Waals surface area contributed by atoms with E-state index in [0.717, 1.165) is 28.2 Å². The average Bonchev–Trinajstić information content (AvgIpc) is 3.20. The van der Waals surface area contributed by atoms with E-state index >= 15 is 0 Å². The summed E-state index contributed by atoms with van der Waals surface area (Å²) in [5.74, 6) is 0.0235. The number of piperidine rings is 1. The summed E-state index contributed by atoms with van der Waals surface area (Å²) in [4.78, 5) is 40.7. The van der Waals surface area contributed by atoms with Crippen LogP contribution in [-0.4, -0.2) is 62.0 Å². The average molecular weight is 459 g/mol. The van der Waals surface area contributed by atoms with Crippen LogP contribution >= 0.6 is 11.3 Å². The summed E-state index contributed by atoms with van der Waals surface area (Å²) in [5.41, 5.74) is 1.57. The third-order valence-corrected chi connectivity index (χ3v) is 6.33. The van der Waals surface area contributed by atoms with Crippen LogP contribution in [0.25, 0.3) is 0 Å². The molecule has 0 bridgehead atoms. The molecule has 0 spiro atoms. The Balaban J connectivity index is 1.36. The van der Waals surface area contributed by atoms with Crippen LogP contribution in [0.3, 0.4) is 0 Å². The van der Waals surface area contributed by atoms with E-state index in [1.807, 2.05) is 43.0 Å². The molecule has 1 aromatic heterocycles. The lowest BCUT2D eigenvalue weighted by Gasteiger charge is -2.31. The van der Waals surface area contributed by atoms with Crippen molar-refractivity contribution in [1.82, 2.24) is 15.5 Å². The minimum Gasteiger partial charge on any atom is -0.495 e. The Bertz CT molecular complexity index is 967. The van der Waals surface area contributed by atoms with Gasteiger partial charge >= 0.3 is 0 Å². The van der Waals surface area contributed by atoms with Crippen LogP contribution in [0, 0.1) is 13.8 Å². The van der Waals surface area contributed by atoms with Crippen molar-refractivity contribution in [1.29, 1.82) is 0 Å². The lowest BCUT2D eigenvalue weighted by atomic mass is 10.0. The number of likely N-dealkylation sites (tertiary alicyclic amines) is 1. The zero-order valence-corrected chi connectivity index (χ0v) is 19.5. The highest BCUT2D eigenvalue weighted by atomic mass is 32.1. The van der Waals surface area contributed by atoms with Gasteiger partial charge in [0.15, 0.2) is 0 Å². The molecular formula is C23H30N4O4S. The van der Waals surface area contributed by atoms with E-state index in [9.17, 15) is 14.4 Å². The van der Waals surface area contributed by atoms with E-state index in [4.69, 9.17) is 4.74 Å². The first-order valence-corrected chi connectivity index (χ1v) is 11.5. The zero-order valence-electron chi connectivity index (χ0n) is 18.7. The van der Waals surface area contributed by atoms with Gasteiger partial charge in [0, 0.05) is 24.0 Å². The molecule has 172 valence electrons. The quantitative estimate of drug-likeness (QED) is 0.564. The molecule has 8 nitrogen and oxygen atoms in total. The second kappa shape index (κ2) is 11.1. The number of hydrogen-bond donors (Lipinski definition) is 3. The van der Waals surface area contributed by atoms with Crippen LogP contribution in [-0.2, 0) is 9.59 Å². The summed E-state index contributed by atoms with van der Waals surface area (Å²) in [5, 5.41) is 8.52. The molecule has 1 aliphatic rings. The van der Waals surface area contributed by atoms with Crippen molar-refractivity contribution in [3.05, 3.63) is 45.6 Å². The van der Waals surface area contributed by atoms with Gasteiger partial charge in [-0.25, -0.2) is 0 Å². The maximum atomic E-state index is 12.3. The molecule has 0 atom stereocenters. The largest absolute Gasteiger partial charge is 0.495 e. The lowest BCUT2D eigenvalue weighted by molar-refractivity contribution is -0.125. The molecule has 32 heavy (non-hydrogen) atoms. The van der Waals surface area contributed by atoms with Crippen LogP contribution in [0.2, 0.25) is 0 Å². The van der Waals surface area contributed by atoms with Gasteiger partial charge in [-0.05, 0) is 56.5 Å². The van der Waals surface area contributed by atoms with Crippen LogP contribution in [0.15, 0.2) is 30.3 Å². The van der Waals surface area contributed by atoms with Crippen LogP contribution in [0.4, 0.5) is 5.69 Å². The Kier molecular flexibility index (Phi) is 8.24. The molecule has 3 rings (SSSR count). The van der Waals surface area contributed by atoms with Crippen molar-refractivity contribution < 1.29 is 19.1 Å². The number of carbonyl (C=O) groups is 3. The number of methoxy groups -OCH3 is 1. The number of nitrogens with zero attached hydrogens (tertiary/aromatic N) is 1. The predicted molar refractivity (Wildman–Crippen MR) is 125 cm³/mol. The topological polar surface area (TPSA) is 99.8 Å². The number of hydrogen-bond acceptors (Lipinski definition) is 6. The first-order chi connectivity index (χ1) is 15.3. The first kappa shape index (κ1) is 23.7. The first-order valence-electron chi connectivity index (χ1n) is 10.6. The number of benzene rings is 1. The molecule has 1 aliphatic heterocycles. The fraction of sp³-hybridized carbons (Fsp3) is 0.435. The molecule has 3 amide bonds. The highest BCUT2D eigenvalue weighted by molar-refractivity contribution is 7.13. The third kappa shape index (κ3) is 6.80. The summed E-state index contributed by atoms with van der Waals surface area (Å²) in [6.45, 7) is 5.46. The number of nitrogens with one attached hydrogen (secondary N) is 3. The molecular weight excluding hydrogens is 428 g/mol. The van der Waals surface area contributed by atoms with E-state index in [1.54, 1.807) is 13.2 Å². The van der Waals surface area contributed by atoms with Crippen molar-refractivity contribution in [2.75, 3.05) is 38.6 Å². The molecule has 1 aromatic carbocycles. The summed E-state index contributed by atoms with van der Waals surface area (Å²) >= 11 is 1.49. The normalized spacial score (nSPS) is 14.6. The number of rotatable bonds is 8. The second-order valence-electron chi connectivity index (χ2n) is 7.96. The summed E-state index contributed by atoms with van der Waals surface area (Å²) in [7, 11) is 1.54. The Hall–Kier alpha value is -2.91. The molecule has 0 radical (unpaired) electrons. The van der Waals surface area contributed by atoms with E-state index in [-0.39, 0.29) is 36.9 Å². The third-order valence-electron chi connectivity index (χ3n) is 5.33. The van der Waals surface area contributed by atoms with E-state index < -0.39 is 0 Å². The second-order valence-corrected chi connectivity index (χ2v) is 9.25. The lowest BCUT2D eigenvalue weighted by Crippen LogP contribution is -2.47. The highest BCUT2D eigenvalue weighted by Gasteiger charge is 2.23. The van der Waals surface area contributed by atoms with Gasteiger partial charge < -0.3 is 20.7 Å². The van der Waals surface area contributed by atoms with Gasteiger partial charge in [0.2, 0.25) is 11.8 Å². The van der Waals surface area contributed by atoms with Crippen molar-refractivity contribution in [3.8, 4) is 5.75 Å². The number of thiophene rings is 1. The highest BCUT2D eigenvalue weighted by Crippen LogP contribution is 2.25. The number of aryl methyl sites for hydroxylation is 2. The Morgan fingerprint density at radius 3 is 2.50 bits per heavy atom. The van der Waals surface area contributed by atoms with Crippen LogP contribution < -0.4 is 20.7 Å². The fourth-order valence-corrected chi connectivity index (χ4v) is 4.37. The number of ether oxygens (including phenoxy) is 1. The molecule has 2 heterocycles. The van der Waals surface area contributed by atoms with Gasteiger partial charge in [-0.3, -0.25) is 19.3 Å². The Morgan fingerprint density at radius 1 is 1.09 bits per heavy atom. The summed E-state index contributed by atoms with van der Waals surface area (Å²) in [6, 6.07) is 9.41. The Morgan fingerprint density at radius 2 is 1.84 bits per heavy atom. The smallest absolute Gasteiger partial charge is 0.261 e. The zero-order chi connectivity index (χ0) is 23.1. The van der Waals surface area contributed by atoms with Crippen molar-refractivity contribution in [2.45, 2.75) is 32.7 Å². The van der Waals surface area contributed by atoms with Crippen LogP contribution in [0.1, 0.15) is 33.0 Å². The monoisotopic (exact) mass is 458 g/mol. The molecule has 9 heteroatoms. The summed E-state index contributed by atoms with van der Waals surface area (Å²) < 4.78 is 5.25. The molecule has 0 aliphatic carbocycles. The minimum absolute atomic E-state index is 0.0319. The van der Waals surface area contributed by atoms with Crippen molar-refractivity contribution >= 4 is 34.7 Å². The molecule has 3 N–H and O–H groups in total. The molecule has 1 saturated heterocycles. The van der Waals surface area contributed by atoms with Gasteiger partial charge in [0.05, 0.1) is 30.8 Å². The van der Waals surface area contributed by atoms with Gasteiger partial charge in [-0.1, -0.05) is 6.07 Å². The number of amides is 3. The van der Waals surface area contributed by atoms with Gasteiger partial charge in [0.1, 0.15) is 5.75 Å². The SMILES string of the molecule is COc1ccc(C)cc1NC(=O)CNC(=O)CN1CCC(NC(=O)c2ccc(C)s2)CC1.